The Hall–Kier alpha value is -1.96. The summed E-state index contributed by atoms with van der Waals surface area (Å²) in [5, 5.41) is 5.54. The molecule has 0 unspecified atom stereocenters. The number of halogens is 1. The van der Waals surface area contributed by atoms with Gasteiger partial charge >= 0.3 is 0 Å². The highest BCUT2D eigenvalue weighted by atomic mass is 19.1. The summed E-state index contributed by atoms with van der Waals surface area (Å²) in [6.07, 6.45) is 1.38. The Morgan fingerprint density at radius 3 is 2.95 bits per heavy atom. The third-order valence-corrected chi connectivity index (χ3v) is 2.96. The third-order valence-electron chi connectivity index (χ3n) is 2.96. The van der Waals surface area contributed by atoms with Crippen molar-refractivity contribution in [3.8, 4) is 0 Å². The normalized spacial score (nSPS) is 15.0. The predicted molar refractivity (Wildman–Crippen MR) is 72.0 cm³/mol. The molecule has 0 aromatic carbocycles. The molecule has 7 nitrogen and oxygen atoms in total. The molecule has 1 aliphatic heterocycles. The molecule has 2 heterocycles. The lowest BCUT2D eigenvalue weighted by Gasteiger charge is -2.26. The largest absolute Gasteiger partial charge is 0.378 e. The molecule has 0 bridgehead atoms. The van der Waals surface area contributed by atoms with Gasteiger partial charge in [0.25, 0.3) is 0 Å². The standard InChI is InChI=1S/C12H18FN5O2/c1-14-12-16-8-9(13)11(17-12)15-3-2-10(19)18-4-6-20-7-5-18/h8H,2-7H2,1H3,(H2,14,15,16,17). The van der Waals surface area contributed by atoms with E-state index in [1.807, 2.05) is 0 Å². The Bertz CT molecular complexity index is 465. The highest BCUT2D eigenvalue weighted by Gasteiger charge is 2.16. The minimum atomic E-state index is -0.539. The average Bonchev–Trinajstić information content (AvgIpc) is 2.50. The minimum Gasteiger partial charge on any atom is -0.378 e. The van der Waals surface area contributed by atoms with Gasteiger partial charge in [-0.15, -0.1) is 0 Å². The minimum absolute atomic E-state index is 0.0316. The van der Waals surface area contributed by atoms with Crippen LogP contribution in [0.25, 0.3) is 0 Å². The second kappa shape index (κ2) is 6.99. The summed E-state index contributed by atoms with van der Waals surface area (Å²) in [5.74, 6) is -0.0838. The molecule has 2 N–H and O–H groups in total. The van der Waals surface area contributed by atoms with Gasteiger partial charge < -0.3 is 20.3 Å². The summed E-state index contributed by atoms with van der Waals surface area (Å²) in [6, 6.07) is 0. The van der Waals surface area contributed by atoms with Gasteiger partial charge in [0.1, 0.15) is 0 Å². The number of rotatable bonds is 5. The lowest BCUT2D eigenvalue weighted by atomic mass is 10.3. The lowest BCUT2D eigenvalue weighted by Crippen LogP contribution is -2.41. The van der Waals surface area contributed by atoms with Crippen molar-refractivity contribution in [2.75, 3.05) is 50.5 Å². The molecule has 8 heteroatoms. The van der Waals surface area contributed by atoms with E-state index >= 15 is 0 Å². The zero-order valence-corrected chi connectivity index (χ0v) is 11.4. The summed E-state index contributed by atoms with van der Waals surface area (Å²) < 4.78 is 18.6. The van der Waals surface area contributed by atoms with Crippen LogP contribution in [0.2, 0.25) is 0 Å². The Morgan fingerprint density at radius 2 is 2.25 bits per heavy atom. The van der Waals surface area contributed by atoms with Gasteiger partial charge in [-0.3, -0.25) is 4.79 Å². The van der Waals surface area contributed by atoms with Crippen molar-refractivity contribution in [1.29, 1.82) is 0 Å². The van der Waals surface area contributed by atoms with E-state index in [-0.39, 0.29) is 11.7 Å². The van der Waals surface area contributed by atoms with Gasteiger partial charge in [0.2, 0.25) is 11.9 Å². The van der Waals surface area contributed by atoms with E-state index < -0.39 is 5.82 Å². The van der Waals surface area contributed by atoms with Crippen molar-refractivity contribution < 1.29 is 13.9 Å². The summed E-state index contributed by atoms with van der Waals surface area (Å²) in [7, 11) is 1.65. The zero-order valence-electron chi connectivity index (χ0n) is 11.4. The van der Waals surface area contributed by atoms with Crippen LogP contribution in [0, 0.1) is 5.82 Å². The highest BCUT2D eigenvalue weighted by molar-refractivity contribution is 5.76. The molecule has 0 spiro atoms. The van der Waals surface area contributed by atoms with Crippen molar-refractivity contribution in [1.82, 2.24) is 14.9 Å². The molecule has 0 atom stereocenters. The van der Waals surface area contributed by atoms with Crippen LogP contribution in [0.1, 0.15) is 6.42 Å². The van der Waals surface area contributed by atoms with Gasteiger partial charge in [0, 0.05) is 33.1 Å². The van der Waals surface area contributed by atoms with E-state index in [1.54, 1.807) is 11.9 Å². The fourth-order valence-electron chi connectivity index (χ4n) is 1.87. The maximum absolute atomic E-state index is 13.5. The molecule has 1 aromatic rings. The number of anilines is 2. The van der Waals surface area contributed by atoms with E-state index in [2.05, 4.69) is 20.6 Å². The molecule has 1 amide bonds. The molecule has 1 saturated heterocycles. The molecule has 1 fully saturated rings. The van der Waals surface area contributed by atoms with Crippen molar-refractivity contribution >= 4 is 17.7 Å². The Kier molecular flexibility index (Phi) is 5.05. The van der Waals surface area contributed by atoms with Crippen LogP contribution in [0.5, 0.6) is 0 Å². The first-order valence-corrected chi connectivity index (χ1v) is 6.50. The van der Waals surface area contributed by atoms with Gasteiger partial charge in [-0.25, -0.2) is 9.37 Å². The monoisotopic (exact) mass is 283 g/mol. The number of ether oxygens (including phenoxy) is 1. The number of carbonyl (C=O) groups is 1. The van der Waals surface area contributed by atoms with Crippen LogP contribution in [0.3, 0.4) is 0 Å². The topological polar surface area (TPSA) is 79.4 Å². The second-order valence-corrected chi connectivity index (χ2v) is 4.31. The van der Waals surface area contributed by atoms with E-state index in [0.29, 0.717) is 45.2 Å². The summed E-state index contributed by atoms with van der Waals surface area (Å²) in [4.78, 5) is 21.3. The first-order valence-electron chi connectivity index (χ1n) is 6.50. The molecule has 1 aromatic heterocycles. The van der Waals surface area contributed by atoms with Gasteiger partial charge in [-0.2, -0.15) is 4.98 Å². The van der Waals surface area contributed by atoms with Gasteiger partial charge in [-0.1, -0.05) is 0 Å². The zero-order chi connectivity index (χ0) is 14.4. The first kappa shape index (κ1) is 14.4. The smallest absolute Gasteiger partial charge is 0.224 e. The van der Waals surface area contributed by atoms with Crippen LogP contribution < -0.4 is 10.6 Å². The predicted octanol–water partition coefficient (Wildman–Crippen LogP) is 0.318. The van der Waals surface area contributed by atoms with Crippen molar-refractivity contribution in [3.05, 3.63) is 12.0 Å². The molecular weight excluding hydrogens is 265 g/mol. The van der Waals surface area contributed by atoms with Crippen LogP contribution >= 0.6 is 0 Å². The maximum Gasteiger partial charge on any atom is 0.224 e. The molecular formula is C12H18FN5O2. The fourth-order valence-corrected chi connectivity index (χ4v) is 1.87. The Morgan fingerprint density at radius 1 is 1.50 bits per heavy atom. The van der Waals surface area contributed by atoms with Crippen LogP contribution in [0.4, 0.5) is 16.2 Å². The van der Waals surface area contributed by atoms with Gasteiger partial charge in [0.15, 0.2) is 11.6 Å². The number of nitrogens with zero attached hydrogens (tertiary/aromatic N) is 3. The molecule has 0 aliphatic carbocycles. The van der Waals surface area contributed by atoms with Crippen LogP contribution in [0.15, 0.2) is 6.20 Å². The maximum atomic E-state index is 13.5. The number of hydrogen-bond donors (Lipinski definition) is 2. The van der Waals surface area contributed by atoms with Crippen LogP contribution in [-0.2, 0) is 9.53 Å². The second-order valence-electron chi connectivity index (χ2n) is 4.31. The van der Waals surface area contributed by atoms with Gasteiger partial charge in [0.05, 0.1) is 19.4 Å². The molecule has 110 valence electrons. The lowest BCUT2D eigenvalue weighted by molar-refractivity contribution is -0.134. The number of carbonyl (C=O) groups excluding carboxylic acids is 1. The number of hydrogen-bond acceptors (Lipinski definition) is 6. The van der Waals surface area contributed by atoms with E-state index in [0.717, 1.165) is 6.20 Å². The fraction of sp³-hybridized carbons (Fsp3) is 0.583. The first-order chi connectivity index (χ1) is 9.70. The third kappa shape index (κ3) is 3.77. The molecule has 1 aliphatic rings. The Labute approximate surface area is 116 Å². The molecule has 0 radical (unpaired) electrons. The summed E-state index contributed by atoms with van der Waals surface area (Å²) >= 11 is 0. The van der Waals surface area contributed by atoms with Crippen molar-refractivity contribution in [2.24, 2.45) is 0 Å². The molecule has 2 rings (SSSR count). The van der Waals surface area contributed by atoms with Gasteiger partial charge in [-0.05, 0) is 0 Å². The summed E-state index contributed by atoms with van der Waals surface area (Å²) in [6.45, 7) is 2.71. The molecule has 20 heavy (non-hydrogen) atoms. The Balaban J connectivity index is 1.81. The SMILES string of the molecule is CNc1ncc(F)c(NCCC(=O)N2CCOCC2)n1. The average molecular weight is 283 g/mol. The van der Waals surface area contributed by atoms with Crippen molar-refractivity contribution in [3.63, 3.8) is 0 Å². The number of amides is 1. The molecule has 0 saturated carbocycles. The highest BCUT2D eigenvalue weighted by Crippen LogP contribution is 2.11. The van der Waals surface area contributed by atoms with E-state index in [9.17, 15) is 9.18 Å². The number of aromatic nitrogens is 2. The number of nitrogens with one attached hydrogen (secondary N) is 2. The quantitative estimate of drug-likeness (QED) is 0.810. The van der Waals surface area contributed by atoms with Crippen LogP contribution in [-0.4, -0.2) is 60.7 Å². The van der Waals surface area contributed by atoms with E-state index in [4.69, 9.17) is 4.74 Å². The number of morpholine rings is 1. The van der Waals surface area contributed by atoms with Crippen molar-refractivity contribution in [2.45, 2.75) is 6.42 Å². The summed E-state index contributed by atoms with van der Waals surface area (Å²) in [5.41, 5.74) is 0. The van der Waals surface area contributed by atoms with E-state index in [1.165, 1.54) is 0 Å².